The second-order valence-corrected chi connectivity index (χ2v) is 11.2. The molecular weight excluding hydrogens is 456 g/mol. The minimum Gasteiger partial charge on any atom is -0.305 e. The third-order valence-electron chi connectivity index (χ3n) is 4.88. The molecule has 3 aromatic heterocycles. The third kappa shape index (κ3) is 4.26. The van der Waals surface area contributed by atoms with E-state index in [1.807, 2.05) is 35.0 Å². The van der Waals surface area contributed by atoms with Crippen LogP contribution < -0.4 is 5.56 Å². The summed E-state index contributed by atoms with van der Waals surface area (Å²) in [5.41, 5.74) is 0.360. The smallest absolute Gasteiger partial charge is 0.263 e. The fourth-order valence-corrected chi connectivity index (χ4v) is 5.70. The molecule has 1 aliphatic heterocycles. The van der Waals surface area contributed by atoms with Gasteiger partial charge in [0.15, 0.2) is 0 Å². The molecule has 3 aromatic rings. The summed E-state index contributed by atoms with van der Waals surface area (Å²) in [7, 11) is -0.913. The molecule has 0 fully saturated rings. The van der Waals surface area contributed by atoms with Crippen molar-refractivity contribution < 1.29 is 13.2 Å². The lowest BCUT2D eigenvalue weighted by Gasteiger charge is -2.21. The highest BCUT2D eigenvalue weighted by molar-refractivity contribution is 7.89. The molecule has 8 nitrogen and oxygen atoms in total. The molecule has 0 saturated heterocycles. The zero-order valence-corrected chi connectivity index (χ0v) is 19.3. The zero-order valence-electron chi connectivity index (χ0n) is 16.8. The Balaban J connectivity index is 1.66. The number of aromatic nitrogens is 1. The zero-order chi connectivity index (χ0) is 22.2. The normalized spacial score (nSPS) is 16.7. The summed E-state index contributed by atoms with van der Waals surface area (Å²) in [6, 6.07) is 9.92. The van der Waals surface area contributed by atoms with Crippen LogP contribution in [0.25, 0.3) is 0 Å². The molecule has 0 aromatic carbocycles. The number of hydrogen-bond donors (Lipinski definition) is 0. The van der Waals surface area contributed by atoms with Crippen LogP contribution in [0.3, 0.4) is 0 Å². The van der Waals surface area contributed by atoms with Gasteiger partial charge in [-0.1, -0.05) is 12.1 Å². The molecule has 4 heterocycles. The van der Waals surface area contributed by atoms with Crippen molar-refractivity contribution >= 4 is 44.3 Å². The SMILES string of the molecule is CN(C)S(=O)(=O)c1ccc(=O)n(CC(=O)N2N=C(c3cccs3)C[C@@H]2c2cccs2)c1. The van der Waals surface area contributed by atoms with E-state index in [0.29, 0.717) is 6.42 Å². The topological polar surface area (TPSA) is 92.0 Å². The number of pyridine rings is 1. The highest BCUT2D eigenvalue weighted by Crippen LogP contribution is 2.36. The average Bonchev–Trinajstić information content (AvgIpc) is 3.49. The maximum Gasteiger partial charge on any atom is 0.263 e. The number of carbonyl (C=O) groups is 1. The molecular formula is C20H20N4O4S3. The Bertz CT molecular complexity index is 1280. The Labute approximate surface area is 187 Å². The Morgan fingerprint density at radius 1 is 1.16 bits per heavy atom. The summed E-state index contributed by atoms with van der Waals surface area (Å²) in [6.45, 7) is -0.307. The summed E-state index contributed by atoms with van der Waals surface area (Å²) in [5, 5.41) is 9.89. The van der Waals surface area contributed by atoms with E-state index in [9.17, 15) is 18.0 Å². The van der Waals surface area contributed by atoms with Crippen LogP contribution in [0, 0.1) is 0 Å². The van der Waals surface area contributed by atoms with E-state index in [0.717, 1.165) is 30.4 Å². The number of sulfonamides is 1. The van der Waals surface area contributed by atoms with Crippen LogP contribution in [-0.2, 0) is 21.4 Å². The lowest BCUT2D eigenvalue weighted by molar-refractivity contribution is -0.133. The molecule has 0 aliphatic carbocycles. The Morgan fingerprint density at radius 2 is 1.90 bits per heavy atom. The van der Waals surface area contributed by atoms with Crippen LogP contribution in [0.1, 0.15) is 22.2 Å². The van der Waals surface area contributed by atoms with Crippen LogP contribution in [0.15, 0.2) is 68.1 Å². The first-order valence-electron chi connectivity index (χ1n) is 9.37. The maximum absolute atomic E-state index is 13.2. The van der Waals surface area contributed by atoms with Crippen LogP contribution in [0.4, 0.5) is 0 Å². The number of carbonyl (C=O) groups excluding carboxylic acids is 1. The average molecular weight is 477 g/mol. The molecule has 1 aliphatic rings. The molecule has 0 bridgehead atoms. The van der Waals surface area contributed by atoms with Gasteiger partial charge in [-0.15, -0.1) is 22.7 Å². The lowest BCUT2D eigenvalue weighted by atomic mass is 10.1. The van der Waals surface area contributed by atoms with Gasteiger partial charge in [-0.3, -0.25) is 9.59 Å². The summed E-state index contributed by atoms with van der Waals surface area (Å²) in [4.78, 5) is 27.5. The first-order valence-corrected chi connectivity index (χ1v) is 12.6. The summed E-state index contributed by atoms with van der Waals surface area (Å²) in [5.74, 6) is -0.383. The fraction of sp³-hybridized carbons (Fsp3) is 0.250. The van der Waals surface area contributed by atoms with Gasteiger partial charge in [-0.05, 0) is 29.0 Å². The van der Waals surface area contributed by atoms with Crippen molar-refractivity contribution in [2.45, 2.75) is 23.9 Å². The van der Waals surface area contributed by atoms with Gasteiger partial charge in [0.05, 0.1) is 21.5 Å². The summed E-state index contributed by atoms with van der Waals surface area (Å²) in [6.07, 6.45) is 1.78. The number of thiophene rings is 2. The molecule has 0 spiro atoms. The van der Waals surface area contributed by atoms with E-state index in [4.69, 9.17) is 0 Å². The first-order chi connectivity index (χ1) is 14.8. The monoisotopic (exact) mass is 476 g/mol. The van der Waals surface area contributed by atoms with Crippen LogP contribution >= 0.6 is 22.7 Å². The molecule has 162 valence electrons. The fourth-order valence-electron chi connectivity index (χ4n) is 3.25. The predicted octanol–water partition coefficient (Wildman–Crippen LogP) is 2.60. The van der Waals surface area contributed by atoms with Crippen LogP contribution in [0.2, 0.25) is 0 Å². The van der Waals surface area contributed by atoms with Gasteiger partial charge < -0.3 is 4.57 Å². The molecule has 0 N–H and O–H groups in total. The van der Waals surface area contributed by atoms with E-state index >= 15 is 0 Å². The predicted molar refractivity (Wildman–Crippen MR) is 121 cm³/mol. The molecule has 11 heteroatoms. The number of hydrogen-bond acceptors (Lipinski definition) is 7. The highest BCUT2D eigenvalue weighted by Gasteiger charge is 2.34. The van der Waals surface area contributed by atoms with Crippen molar-refractivity contribution in [2.24, 2.45) is 5.10 Å². The first kappa shape index (κ1) is 21.6. The van der Waals surface area contributed by atoms with Crippen molar-refractivity contribution in [1.82, 2.24) is 13.9 Å². The number of amides is 1. The summed E-state index contributed by atoms with van der Waals surface area (Å²) >= 11 is 3.10. The lowest BCUT2D eigenvalue weighted by Crippen LogP contribution is -2.34. The van der Waals surface area contributed by atoms with E-state index < -0.39 is 15.6 Å². The molecule has 31 heavy (non-hydrogen) atoms. The number of rotatable bonds is 6. The number of hydrazone groups is 1. The second kappa shape index (κ2) is 8.50. The van der Waals surface area contributed by atoms with Gasteiger partial charge in [0.1, 0.15) is 6.54 Å². The molecule has 0 unspecified atom stereocenters. The van der Waals surface area contributed by atoms with Crippen molar-refractivity contribution in [1.29, 1.82) is 0 Å². The summed E-state index contributed by atoms with van der Waals surface area (Å²) < 4.78 is 27.0. The molecule has 0 radical (unpaired) electrons. The standard InChI is InChI=1S/C20H20N4O4S3/c1-22(2)31(27,28)14-7-8-19(25)23(12-14)13-20(26)24-16(18-6-4-10-30-18)11-15(21-24)17-5-3-9-29-17/h3-10,12,16H,11,13H2,1-2H3/t16-/m1/s1. The second-order valence-electron chi connectivity index (χ2n) is 7.12. The third-order valence-corrected chi connectivity index (χ3v) is 8.57. The largest absolute Gasteiger partial charge is 0.305 e. The van der Waals surface area contributed by atoms with Crippen molar-refractivity contribution in [3.8, 4) is 0 Å². The van der Waals surface area contributed by atoms with Crippen LogP contribution in [0.5, 0.6) is 0 Å². The van der Waals surface area contributed by atoms with Gasteiger partial charge in [0.2, 0.25) is 10.0 Å². The van der Waals surface area contributed by atoms with Crippen molar-refractivity contribution in [3.63, 3.8) is 0 Å². The minimum absolute atomic E-state index is 0.0519. The Hall–Kier alpha value is -2.60. The van der Waals surface area contributed by atoms with E-state index in [1.165, 1.54) is 31.4 Å². The van der Waals surface area contributed by atoms with E-state index in [2.05, 4.69) is 5.10 Å². The Morgan fingerprint density at radius 3 is 2.55 bits per heavy atom. The van der Waals surface area contributed by atoms with Gasteiger partial charge in [-0.25, -0.2) is 17.7 Å². The van der Waals surface area contributed by atoms with Gasteiger partial charge >= 0.3 is 0 Å². The minimum atomic E-state index is -3.73. The Kier molecular flexibility index (Phi) is 5.93. The van der Waals surface area contributed by atoms with Gasteiger partial charge in [-0.2, -0.15) is 5.10 Å². The van der Waals surface area contributed by atoms with E-state index in [1.54, 1.807) is 22.7 Å². The maximum atomic E-state index is 13.2. The van der Waals surface area contributed by atoms with Gasteiger partial charge in [0, 0.05) is 37.7 Å². The molecule has 1 amide bonds. The quantitative estimate of drug-likeness (QED) is 0.547. The molecule has 4 rings (SSSR count). The van der Waals surface area contributed by atoms with Crippen molar-refractivity contribution in [2.75, 3.05) is 14.1 Å². The van der Waals surface area contributed by atoms with Crippen LogP contribution in [-0.4, -0.2) is 48.0 Å². The number of nitrogens with zero attached hydrogens (tertiary/aromatic N) is 4. The molecule has 1 atom stereocenters. The van der Waals surface area contributed by atoms with Gasteiger partial charge in [0.25, 0.3) is 11.5 Å². The van der Waals surface area contributed by atoms with E-state index in [-0.39, 0.29) is 23.4 Å². The highest BCUT2D eigenvalue weighted by atomic mass is 32.2. The van der Waals surface area contributed by atoms with Crippen molar-refractivity contribution in [3.05, 3.63) is 73.5 Å². The molecule has 0 saturated carbocycles.